The minimum absolute atomic E-state index is 0.628. The van der Waals surface area contributed by atoms with Gasteiger partial charge in [-0.1, -0.05) is 127 Å². The van der Waals surface area contributed by atoms with Gasteiger partial charge in [-0.25, -0.2) is 24.9 Å². The van der Waals surface area contributed by atoms with Crippen molar-refractivity contribution in [2.45, 2.75) is 0 Å². The van der Waals surface area contributed by atoms with Gasteiger partial charge in [0.2, 0.25) is 0 Å². The van der Waals surface area contributed by atoms with Crippen LogP contribution in [-0.2, 0) is 0 Å². The Morgan fingerprint density at radius 1 is 0.348 bits per heavy atom. The second-order valence-electron chi connectivity index (χ2n) is 11.4. The zero-order valence-corrected chi connectivity index (χ0v) is 24.7. The predicted octanol–water partition coefficient (Wildman–Crippen LogP) is 9.94. The number of nitrogens with zero attached hydrogens (tertiary/aromatic N) is 5. The Kier molecular flexibility index (Phi) is 6.06. The van der Waals surface area contributed by atoms with Crippen molar-refractivity contribution in [3.05, 3.63) is 152 Å². The van der Waals surface area contributed by atoms with Crippen LogP contribution in [0.4, 0.5) is 0 Å². The molecule has 9 aromatic rings. The van der Waals surface area contributed by atoms with Crippen molar-refractivity contribution in [1.82, 2.24) is 24.9 Å². The molecule has 7 aromatic carbocycles. The summed E-state index contributed by atoms with van der Waals surface area (Å²) in [4.78, 5) is 22.9. The molecule has 5 nitrogen and oxygen atoms in total. The van der Waals surface area contributed by atoms with E-state index in [1.165, 1.54) is 50.4 Å². The standard InChI is InChI=1S/C41H25N5/c1-2-10-26(11-3-1)37-23-38(46-41(45-37)28-20-18-27(19-21-28)40-43-24-42-25-44-40)35-22-36-31-14-5-4-12-29(31)30-13-6-8-16-33(30)39(36)34-17-9-7-15-32(34)35/h1-25H. The van der Waals surface area contributed by atoms with Crippen LogP contribution < -0.4 is 0 Å². The van der Waals surface area contributed by atoms with Gasteiger partial charge in [0, 0.05) is 22.3 Å². The van der Waals surface area contributed by atoms with Crippen molar-refractivity contribution in [3.63, 3.8) is 0 Å². The van der Waals surface area contributed by atoms with E-state index in [4.69, 9.17) is 9.97 Å². The first kappa shape index (κ1) is 26.1. The van der Waals surface area contributed by atoms with Gasteiger partial charge < -0.3 is 0 Å². The van der Waals surface area contributed by atoms with E-state index in [0.29, 0.717) is 11.6 Å². The monoisotopic (exact) mass is 587 g/mol. The highest BCUT2D eigenvalue weighted by Crippen LogP contribution is 2.43. The molecule has 0 N–H and O–H groups in total. The van der Waals surface area contributed by atoms with Gasteiger partial charge in [0.25, 0.3) is 0 Å². The molecule has 0 atom stereocenters. The highest BCUT2D eigenvalue weighted by Gasteiger charge is 2.17. The lowest BCUT2D eigenvalue weighted by Crippen LogP contribution is -1.97. The number of aromatic nitrogens is 5. The first-order valence-corrected chi connectivity index (χ1v) is 15.2. The van der Waals surface area contributed by atoms with Crippen LogP contribution in [0.2, 0.25) is 0 Å². The summed E-state index contributed by atoms with van der Waals surface area (Å²) < 4.78 is 0. The molecule has 0 aliphatic rings. The van der Waals surface area contributed by atoms with E-state index >= 15 is 0 Å². The van der Waals surface area contributed by atoms with Crippen LogP contribution in [0, 0.1) is 0 Å². The van der Waals surface area contributed by atoms with Gasteiger partial charge in [-0.3, -0.25) is 0 Å². The molecule has 214 valence electrons. The van der Waals surface area contributed by atoms with Gasteiger partial charge in [0.15, 0.2) is 11.6 Å². The fourth-order valence-corrected chi connectivity index (χ4v) is 6.61. The first-order valence-electron chi connectivity index (χ1n) is 15.2. The maximum absolute atomic E-state index is 5.25. The van der Waals surface area contributed by atoms with E-state index in [9.17, 15) is 0 Å². The van der Waals surface area contributed by atoms with Crippen LogP contribution in [0.1, 0.15) is 0 Å². The Morgan fingerprint density at radius 2 is 0.848 bits per heavy atom. The molecular formula is C41H25N5. The minimum atomic E-state index is 0.628. The zero-order chi connectivity index (χ0) is 30.5. The third-order valence-electron chi connectivity index (χ3n) is 8.71. The zero-order valence-electron chi connectivity index (χ0n) is 24.7. The average Bonchev–Trinajstić information content (AvgIpc) is 3.15. The Bertz CT molecular complexity index is 2560. The Labute approximate surface area is 264 Å². The van der Waals surface area contributed by atoms with Crippen molar-refractivity contribution in [2.24, 2.45) is 0 Å². The summed E-state index contributed by atoms with van der Waals surface area (Å²) >= 11 is 0. The van der Waals surface area contributed by atoms with E-state index in [1.54, 1.807) is 0 Å². The fraction of sp³-hybridized carbons (Fsp3) is 0. The minimum Gasteiger partial charge on any atom is -0.228 e. The second-order valence-corrected chi connectivity index (χ2v) is 11.4. The molecule has 0 saturated heterocycles. The molecule has 2 aromatic heterocycles. The lowest BCUT2D eigenvalue weighted by Gasteiger charge is -2.16. The van der Waals surface area contributed by atoms with Crippen molar-refractivity contribution < 1.29 is 0 Å². The van der Waals surface area contributed by atoms with Crippen LogP contribution in [0.25, 0.3) is 88.4 Å². The molecule has 0 spiro atoms. The van der Waals surface area contributed by atoms with Crippen LogP contribution >= 0.6 is 0 Å². The highest BCUT2D eigenvalue weighted by atomic mass is 15.0. The number of hydrogen-bond donors (Lipinski definition) is 0. The molecule has 0 aliphatic heterocycles. The summed E-state index contributed by atoms with van der Waals surface area (Å²) in [6.45, 7) is 0. The topological polar surface area (TPSA) is 64.5 Å². The molecule has 5 heteroatoms. The third kappa shape index (κ3) is 4.29. The quantitative estimate of drug-likeness (QED) is 0.192. The van der Waals surface area contributed by atoms with Gasteiger partial charge in [0.05, 0.1) is 11.4 Å². The molecule has 0 bridgehead atoms. The van der Waals surface area contributed by atoms with Crippen molar-refractivity contribution >= 4 is 43.1 Å². The Hall–Kier alpha value is -6.33. The lowest BCUT2D eigenvalue weighted by molar-refractivity contribution is 1.06. The smallest absolute Gasteiger partial charge is 0.162 e. The van der Waals surface area contributed by atoms with E-state index in [-0.39, 0.29) is 0 Å². The van der Waals surface area contributed by atoms with E-state index in [1.807, 2.05) is 42.5 Å². The van der Waals surface area contributed by atoms with E-state index in [0.717, 1.165) is 39.0 Å². The van der Waals surface area contributed by atoms with Crippen LogP contribution in [0.3, 0.4) is 0 Å². The molecule has 0 aliphatic carbocycles. The molecule has 2 heterocycles. The fourth-order valence-electron chi connectivity index (χ4n) is 6.61. The van der Waals surface area contributed by atoms with Crippen LogP contribution in [-0.4, -0.2) is 24.9 Å². The molecule has 0 fully saturated rings. The maximum Gasteiger partial charge on any atom is 0.162 e. The van der Waals surface area contributed by atoms with Gasteiger partial charge in [-0.15, -0.1) is 0 Å². The van der Waals surface area contributed by atoms with E-state index in [2.05, 4.69) is 112 Å². The second kappa shape index (κ2) is 10.7. The van der Waals surface area contributed by atoms with E-state index < -0.39 is 0 Å². The maximum atomic E-state index is 5.25. The summed E-state index contributed by atoms with van der Waals surface area (Å²) in [5, 5.41) is 9.84. The van der Waals surface area contributed by atoms with Crippen LogP contribution in [0.15, 0.2) is 152 Å². The molecule has 0 radical (unpaired) electrons. The predicted molar refractivity (Wildman–Crippen MR) is 187 cm³/mol. The number of hydrogen-bond acceptors (Lipinski definition) is 5. The Morgan fingerprint density at radius 3 is 1.52 bits per heavy atom. The van der Waals surface area contributed by atoms with Crippen LogP contribution in [0.5, 0.6) is 0 Å². The van der Waals surface area contributed by atoms with Crippen molar-refractivity contribution in [3.8, 4) is 45.3 Å². The SMILES string of the molecule is c1ccc(-c2cc(-c3cc4c5ccccc5c5ccccc5c4c4ccccc34)nc(-c3ccc(-c4ncncn4)cc3)n2)cc1. The number of benzene rings is 7. The summed E-state index contributed by atoms with van der Waals surface area (Å²) in [5.41, 5.74) is 5.68. The van der Waals surface area contributed by atoms with Gasteiger partial charge >= 0.3 is 0 Å². The van der Waals surface area contributed by atoms with Gasteiger partial charge in [-0.2, -0.15) is 0 Å². The molecule has 9 rings (SSSR count). The molecule has 0 unspecified atom stereocenters. The number of fused-ring (bicyclic) bond motifs is 8. The first-order chi connectivity index (χ1) is 22.8. The average molecular weight is 588 g/mol. The molecule has 0 amide bonds. The lowest BCUT2D eigenvalue weighted by atomic mass is 9.88. The summed E-state index contributed by atoms with van der Waals surface area (Å²) in [6, 6.07) is 49.0. The van der Waals surface area contributed by atoms with Gasteiger partial charge in [-0.05, 0) is 55.2 Å². The van der Waals surface area contributed by atoms with Crippen molar-refractivity contribution in [2.75, 3.05) is 0 Å². The summed E-state index contributed by atoms with van der Waals surface area (Å²) in [6.07, 6.45) is 3.02. The number of rotatable bonds is 4. The van der Waals surface area contributed by atoms with Gasteiger partial charge in [0.1, 0.15) is 12.7 Å². The Balaban J connectivity index is 1.33. The molecular weight excluding hydrogens is 562 g/mol. The molecule has 46 heavy (non-hydrogen) atoms. The normalized spacial score (nSPS) is 11.5. The summed E-state index contributed by atoms with van der Waals surface area (Å²) in [5.74, 6) is 1.29. The molecule has 0 saturated carbocycles. The summed E-state index contributed by atoms with van der Waals surface area (Å²) in [7, 11) is 0. The van der Waals surface area contributed by atoms with Crippen molar-refractivity contribution in [1.29, 1.82) is 0 Å². The largest absolute Gasteiger partial charge is 0.228 e. The highest BCUT2D eigenvalue weighted by molar-refractivity contribution is 6.32. The third-order valence-corrected chi connectivity index (χ3v) is 8.71.